The van der Waals surface area contributed by atoms with Crippen LogP contribution >= 0.6 is 0 Å². The number of hydrogen-bond donors (Lipinski definition) is 1. The molecule has 4 rings (SSSR count). The molecule has 0 spiro atoms. The third kappa shape index (κ3) is 5.14. The normalized spacial score (nSPS) is 13.5. The number of ether oxygens (including phenoxy) is 1. The van der Waals surface area contributed by atoms with Crippen LogP contribution in [0.25, 0.3) is 0 Å². The van der Waals surface area contributed by atoms with Crippen molar-refractivity contribution in [1.82, 2.24) is 5.32 Å². The molecule has 1 heterocycles. The molecule has 8 nitrogen and oxygen atoms in total. The van der Waals surface area contributed by atoms with Crippen LogP contribution in [0.2, 0.25) is 0 Å². The fourth-order valence-corrected chi connectivity index (χ4v) is 5.16. The van der Waals surface area contributed by atoms with Crippen LogP contribution in [0.3, 0.4) is 0 Å². The Bertz CT molecular complexity index is 1320. The molecular formula is C26H27N3O5S. The molecule has 0 aromatic heterocycles. The number of hydrogen-bond acceptors (Lipinski definition) is 5. The molecule has 0 atom stereocenters. The molecule has 3 aromatic rings. The Balaban J connectivity index is 1.40. The highest BCUT2D eigenvalue weighted by Crippen LogP contribution is 2.31. The van der Waals surface area contributed by atoms with Gasteiger partial charge in [-0.25, -0.2) is 8.42 Å². The number of para-hydroxylation sites is 2. The van der Waals surface area contributed by atoms with Crippen molar-refractivity contribution in [1.29, 1.82) is 0 Å². The van der Waals surface area contributed by atoms with Gasteiger partial charge in [-0.15, -0.1) is 0 Å². The van der Waals surface area contributed by atoms with Gasteiger partial charge in [-0.1, -0.05) is 24.3 Å². The SMILES string of the molecule is COc1ccccc1N(C)S(=O)(=O)c1ccc(C(=O)NCc2ccc(N3CCCC3=O)cc2)cc1. The van der Waals surface area contributed by atoms with Crippen molar-refractivity contribution in [3.8, 4) is 5.75 Å². The van der Waals surface area contributed by atoms with E-state index in [1.165, 1.54) is 38.4 Å². The summed E-state index contributed by atoms with van der Waals surface area (Å²) in [6.45, 7) is 1.04. The van der Waals surface area contributed by atoms with Gasteiger partial charge in [-0.3, -0.25) is 13.9 Å². The molecule has 0 unspecified atom stereocenters. The van der Waals surface area contributed by atoms with E-state index in [-0.39, 0.29) is 16.7 Å². The van der Waals surface area contributed by atoms with Crippen LogP contribution in [0.15, 0.2) is 77.7 Å². The van der Waals surface area contributed by atoms with E-state index in [2.05, 4.69) is 5.32 Å². The van der Waals surface area contributed by atoms with E-state index in [4.69, 9.17) is 4.74 Å². The molecule has 0 radical (unpaired) electrons. The Kier molecular flexibility index (Phi) is 7.07. The standard InChI is InChI=1S/C26H27N3O5S/c1-28(23-6-3-4-7-24(23)34-2)35(32,33)22-15-11-20(12-16-22)26(31)27-18-19-9-13-21(14-10-19)29-17-5-8-25(29)30/h3-4,6-7,9-16H,5,8,17-18H2,1-2H3,(H,27,31). The molecule has 1 saturated heterocycles. The van der Waals surface area contributed by atoms with Gasteiger partial charge in [0.2, 0.25) is 5.91 Å². The molecule has 1 aliphatic rings. The smallest absolute Gasteiger partial charge is 0.264 e. The second-order valence-corrected chi connectivity index (χ2v) is 10.1. The van der Waals surface area contributed by atoms with Crippen molar-refractivity contribution >= 4 is 33.2 Å². The fraction of sp³-hybridized carbons (Fsp3) is 0.231. The average molecular weight is 494 g/mol. The molecule has 1 fully saturated rings. The van der Waals surface area contributed by atoms with E-state index in [0.717, 1.165) is 28.5 Å². The molecule has 3 aromatic carbocycles. The summed E-state index contributed by atoms with van der Waals surface area (Å²) in [7, 11) is -0.905. The maximum absolute atomic E-state index is 13.1. The first kappa shape index (κ1) is 24.3. The van der Waals surface area contributed by atoms with E-state index < -0.39 is 10.0 Å². The molecule has 0 bridgehead atoms. The number of benzene rings is 3. The molecule has 0 saturated carbocycles. The minimum atomic E-state index is -3.84. The second kappa shape index (κ2) is 10.2. The summed E-state index contributed by atoms with van der Waals surface area (Å²) in [5, 5.41) is 2.84. The number of carbonyl (C=O) groups is 2. The van der Waals surface area contributed by atoms with Crippen molar-refractivity contribution in [2.75, 3.05) is 29.9 Å². The molecule has 2 amide bonds. The number of nitrogens with one attached hydrogen (secondary N) is 1. The van der Waals surface area contributed by atoms with Crippen molar-refractivity contribution in [3.05, 3.63) is 83.9 Å². The van der Waals surface area contributed by atoms with Crippen molar-refractivity contribution < 1.29 is 22.7 Å². The first-order chi connectivity index (χ1) is 16.8. The molecule has 35 heavy (non-hydrogen) atoms. The topological polar surface area (TPSA) is 96.0 Å². The number of methoxy groups -OCH3 is 1. The largest absolute Gasteiger partial charge is 0.495 e. The number of amides is 2. The maximum Gasteiger partial charge on any atom is 0.264 e. The van der Waals surface area contributed by atoms with E-state index in [9.17, 15) is 18.0 Å². The minimum absolute atomic E-state index is 0.0644. The van der Waals surface area contributed by atoms with Gasteiger partial charge >= 0.3 is 0 Å². The summed E-state index contributed by atoms with van der Waals surface area (Å²) < 4.78 is 32.6. The third-order valence-corrected chi connectivity index (χ3v) is 7.76. The zero-order chi connectivity index (χ0) is 25.0. The first-order valence-corrected chi connectivity index (χ1v) is 12.6. The predicted octanol–water partition coefficient (Wildman–Crippen LogP) is 3.58. The van der Waals surface area contributed by atoms with E-state index in [1.807, 2.05) is 24.3 Å². The first-order valence-electron chi connectivity index (χ1n) is 11.2. The highest BCUT2D eigenvalue weighted by molar-refractivity contribution is 7.92. The van der Waals surface area contributed by atoms with Gasteiger partial charge in [0.15, 0.2) is 0 Å². The quantitative estimate of drug-likeness (QED) is 0.518. The van der Waals surface area contributed by atoms with Crippen LogP contribution in [0, 0.1) is 0 Å². The van der Waals surface area contributed by atoms with Crippen molar-refractivity contribution in [2.24, 2.45) is 0 Å². The van der Waals surface area contributed by atoms with Crippen LogP contribution < -0.4 is 19.3 Å². The van der Waals surface area contributed by atoms with Gasteiger partial charge in [-0.05, 0) is 60.5 Å². The van der Waals surface area contributed by atoms with Gasteiger partial charge in [0.05, 0.1) is 17.7 Å². The molecule has 1 N–H and O–H groups in total. The lowest BCUT2D eigenvalue weighted by atomic mass is 10.1. The van der Waals surface area contributed by atoms with E-state index in [0.29, 0.717) is 30.0 Å². The number of rotatable bonds is 8. The van der Waals surface area contributed by atoms with Gasteiger partial charge in [-0.2, -0.15) is 0 Å². The summed E-state index contributed by atoms with van der Waals surface area (Å²) in [6.07, 6.45) is 1.45. The monoisotopic (exact) mass is 493 g/mol. The Morgan fingerprint density at radius 3 is 2.34 bits per heavy atom. The molecular weight excluding hydrogens is 466 g/mol. The van der Waals surface area contributed by atoms with Crippen molar-refractivity contribution in [3.63, 3.8) is 0 Å². The van der Waals surface area contributed by atoms with Gasteiger partial charge in [0, 0.05) is 37.8 Å². The molecule has 1 aliphatic heterocycles. The molecule has 9 heteroatoms. The molecule has 182 valence electrons. The van der Waals surface area contributed by atoms with Crippen LogP contribution in [0.5, 0.6) is 5.75 Å². The fourth-order valence-electron chi connectivity index (χ4n) is 3.96. The Morgan fingerprint density at radius 2 is 1.71 bits per heavy atom. The average Bonchev–Trinajstić information content (AvgIpc) is 3.32. The summed E-state index contributed by atoms with van der Waals surface area (Å²) in [5.41, 5.74) is 2.52. The highest BCUT2D eigenvalue weighted by Gasteiger charge is 2.24. The Hall–Kier alpha value is -3.85. The highest BCUT2D eigenvalue weighted by atomic mass is 32.2. The number of carbonyl (C=O) groups excluding carboxylic acids is 2. The Morgan fingerprint density at radius 1 is 1.03 bits per heavy atom. The number of anilines is 2. The second-order valence-electron chi connectivity index (χ2n) is 8.17. The van der Waals surface area contributed by atoms with Crippen LogP contribution in [-0.4, -0.2) is 40.9 Å². The van der Waals surface area contributed by atoms with Gasteiger partial charge in [0.1, 0.15) is 5.75 Å². The van der Waals surface area contributed by atoms with Crippen LogP contribution in [0.1, 0.15) is 28.8 Å². The minimum Gasteiger partial charge on any atom is -0.495 e. The van der Waals surface area contributed by atoms with E-state index in [1.54, 1.807) is 29.2 Å². The summed E-state index contributed by atoms with van der Waals surface area (Å²) in [5.74, 6) is 0.256. The Labute approximate surface area is 205 Å². The zero-order valence-electron chi connectivity index (χ0n) is 19.6. The number of nitrogens with zero attached hydrogens (tertiary/aromatic N) is 2. The summed E-state index contributed by atoms with van der Waals surface area (Å²) in [6, 6.07) is 20.2. The van der Waals surface area contributed by atoms with Crippen LogP contribution in [-0.2, 0) is 21.4 Å². The predicted molar refractivity (Wildman–Crippen MR) is 134 cm³/mol. The van der Waals surface area contributed by atoms with E-state index >= 15 is 0 Å². The molecule has 0 aliphatic carbocycles. The van der Waals surface area contributed by atoms with Crippen molar-refractivity contribution in [2.45, 2.75) is 24.3 Å². The lowest BCUT2D eigenvalue weighted by Crippen LogP contribution is -2.27. The lowest BCUT2D eigenvalue weighted by Gasteiger charge is -2.21. The maximum atomic E-state index is 13.1. The van der Waals surface area contributed by atoms with Gasteiger partial charge in [0.25, 0.3) is 15.9 Å². The lowest BCUT2D eigenvalue weighted by molar-refractivity contribution is -0.117. The summed E-state index contributed by atoms with van der Waals surface area (Å²) >= 11 is 0. The number of sulfonamides is 1. The van der Waals surface area contributed by atoms with Crippen LogP contribution in [0.4, 0.5) is 11.4 Å². The third-order valence-electron chi connectivity index (χ3n) is 5.97. The van der Waals surface area contributed by atoms with Gasteiger partial charge < -0.3 is 15.0 Å². The zero-order valence-corrected chi connectivity index (χ0v) is 20.4. The summed E-state index contributed by atoms with van der Waals surface area (Å²) in [4.78, 5) is 26.3.